The van der Waals surface area contributed by atoms with Crippen molar-refractivity contribution in [2.75, 3.05) is 19.3 Å². The Morgan fingerprint density at radius 1 is 1.29 bits per heavy atom. The Hall–Kier alpha value is -0.930. The predicted octanol–water partition coefficient (Wildman–Crippen LogP) is 0.254. The Morgan fingerprint density at radius 3 is 2.43 bits per heavy atom. The van der Waals surface area contributed by atoms with Gasteiger partial charge in [-0.1, -0.05) is 13.3 Å². The van der Waals surface area contributed by atoms with E-state index in [0.717, 1.165) is 12.7 Å². The van der Waals surface area contributed by atoms with Gasteiger partial charge in [0.05, 0.1) is 17.8 Å². The third kappa shape index (κ3) is 3.29. The van der Waals surface area contributed by atoms with E-state index >= 15 is 0 Å². The minimum Gasteiger partial charge on any atom is -0.339 e. The maximum atomic E-state index is 12.7. The van der Waals surface area contributed by atoms with Crippen LogP contribution in [0.1, 0.15) is 19.8 Å². The summed E-state index contributed by atoms with van der Waals surface area (Å²) in [6.07, 6.45) is 5.51. The number of aryl methyl sites for hydroxylation is 1. The predicted molar refractivity (Wildman–Crippen MR) is 79.0 cm³/mol. The first-order valence-electron chi connectivity index (χ1n) is 6.83. The van der Waals surface area contributed by atoms with Crippen LogP contribution in [0.3, 0.4) is 0 Å². The van der Waals surface area contributed by atoms with E-state index in [0.29, 0.717) is 6.42 Å². The highest BCUT2D eigenvalue weighted by molar-refractivity contribution is 7.92. The minimum atomic E-state index is -3.62. The second-order valence-corrected chi connectivity index (χ2v) is 9.69. The smallest absolute Gasteiger partial charge is 0.211 e. The van der Waals surface area contributed by atoms with Gasteiger partial charge in [-0.15, -0.1) is 0 Å². The lowest BCUT2D eigenvalue weighted by Crippen LogP contribution is -2.32. The lowest BCUT2D eigenvalue weighted by molar-refractivity contribution is 0.447. The Labute approximate surface area is 125 Å². The average Bonchev–Trinajstić information content (AvgIpc) is 2.95. The van der Waals surface area contributed by atoms with Crippen molar-refractivity contribution < 1.29 is 16.8 Å². The van der Waals surface area contributed by atoms with Gasteiger partial charge >= 0.3 is 0 Å². The SMILES string of the molecule is CCC[C@@H]1CN(S(C)(=O)=O)CC1S(=O)(=O)c1cn(C)cn1. The van der Waals surface area contributed by atoms with E-state index in [-0.39, 0.29) is 24.0 Å². The first kappa shape index (κ1) is 16.4. The van der Waals surface area contributed by atoms with Gasteiger partial charge in [0.1, 0.15) is 0 Å². The summed E-state index contributed by atoms with van der Waals surface area (Å²) in [6.45, 7) is 2.25. The first-order valence-corrected chi connectivity index (χ1v) is 10.2. The van der Waals surface area contributed by atoms with E-state index in [1.807, 2.05) is 6.92 Å². The summed E-state index contributed by atoms with van der Waals surface area (Å²) in [5, 5.41) is -0.700. The van der Waals surface area contributed by atoms with Crippen LogP contribution in [-0.4, -0.2) is 55.3 Å². The normalized spacial score (nSPS) is 24.5. The van der Waals surface area contributed by atoms with Crippen molar-refractivity contribution in [3.8, 4) is 0 Å². The number of hydrogen-bond acceptors (Lipinski definition) is 5. The zero-order chi connectivity index (χ0) is 15.8. The van der Waals surface area contributed by atoms with Gasteiger partial charge in [-0.25, -0.2) is 26.1 Å². The van der Waals surface area contributed by atoms with Gasteiger partial charge in [-0.3, -0.25) is 0 Å². The highest BCUT2D eigenvalue weighted by atomic mass is 32.2. The van der Waals surface area contributed by atoms with Crippen LogP contribution < -0.4 is 0 Å². The van der Waals surface area contributed by atoms with E-state index in [9.17, 15) is 16.8 Å². The highest BCUT2D eigenvalue weighted by Gasteiger charge is 2.44. The van der Waals surface area contributed by atoms with E-state index < -0.39 is 25.1 Å². The molecular weight excluding hydrogens is 314 g/mol. The molecule has 1 unspecified atom stereocenters. The maximum Gasteiger partial charge on any atom is 0.211 e. The number of aromatic nitrogens is 2. The van der Waals surface area contributed by atoms with Crippen molar-refractivity contribution >= 4 is 19.9 Å². The zero-order valence-corrected chi connectivity index (χ0v) is 14.1. The number of sulfonamides is 1. The molecule has 21 heavy (non-hydrogen) atoms. The molecule has 0 spiro atoms. The molecule has 0 amide bonds. The summed E-state index contributed by atoms with van der Waals surface area (Å²) in [5.74, 6) is -0.184. The van der Waals surface area contributed by atoms with Crippen LogP contribution in [0.4, 0.5) is 0 Å². The second kappa shape index (κ2) is 5.69. The molecule has 0 N–H and O–H groups in total. The van der Waals surface area contributed by atoms with E-state index in [4.69, 9.17) is 0 Å². The quantitative estimate of drug-likeness (QED) is 0.770. The summed E-state index contributed by atoms with van der Waals surface area (Å²) in [5.41, 5.74) is 0. The number of nitrogens with zero attached hydrogens (tertiary/aromatic N) is 3. The summed E-state index contributed by atoms with van der Waals surface area (Å²) in [7, 11) is -5.30. The fourth-order valence-electron chi connectivity index (χ4n) is 2.76. The van der Waals surface area contributed by atoms with Gasteiger partial charge < -0.3 is 4.57 Å². The van der Waals surface area contributed by atoms with E-state index in [1.165, 1.54) is 16.8 Å². The van der Waals surface area contributed by atoms with Gasteiger partial charge in [0.15, 0.2) is 5.03 Å². The van der Waals surface area contributed by atoms with Crippen LogP contribution in [-0.2, 0) is 26.9 Å². The van der Waals surface area contributed by atoms with E-state index in [2.05, 4.69) is 4.98 Å². The van der Waals surface area contributed by atoms with Crippen molar-refractivity contribution in [1.29, 1.82) is 0 Å². The molecule has 0 radical (unpaired) electrons. The van der Waals surface area contributed by atoms with Crippen molar-refractivity contribution in [3.05, 3.63) is 12.5 Å². The number of hydrogen-bond donors (Lipinski definition) is 0. The molecule has 1 saturated heterocycles. The largest absolute Gasteiger partial charge is 0.339 e. The molecule has 0 bridgehead atoms. The standard InChI is InChI=1S/C12H21N3O4S2/c1-4-5-10-6-15(20(3,16)17)7-11(10)21(18,19)12-8-14(2)9-13-12/h8-11H,4-7H2,1-3H3/t10-,11?/m1/s1. The molecule has 0 aliphatic carbocycles. The molecule has 7 nitrogen and oxygen atoms in total. The topological polar surface area (TPSA) is 89.3 Å². The van der Waals surface area contributed by atoms with Crippen molar-refractivity contribution in [2.24, 2.45) is 13.0 Å². The third-order valence-corrected chi connectivity index (χ3v) is 7.21. The van der Waals surface area contributed by atoms with Crippen LogP contribution in [0.15, 0.2) is 17.6 Å². The van der Waals surface area contributed by atoms with Crippen LogP contribution in [0.25, 0.3) is 0 Å². The summed E-state index contributed by atoms with van der Waals surface area (Å²) in [4.78, 5) is 3.92. The van der Waals surface area contributed by atoms with Gasteiger partial charge in [0.2, 0.25) is 19.9 Å². The van der Waals surface area contributed by atoms with Gasteiger partial charge in [-0.05, 0) is 12.3 Å². The molecule has 1 fully saturated rings. The molecule has 0 saturated carbocycles. The monoisotopic (exact) mass is 335 g/mol. The molecule has 0 aromatic carbocycles. The summed E-state index contributed by atoms with van der Waals surface area (Å²) < 4.78 is 51.7. The summed E-state index contributed by atoms with van der Waals surface area (Å²) in [6, 6.07) is 0. The fraction of sp³-hybridized carbons (Fsp3) is 0.750. The Bertz CT molecular complexity index is 709. The molecule has 9 heteroatoms. The second-order valence-electron chi connectivity index (χ2n) is 5.59. The average molecular weight is 335 g/mol. The molecule has 1 aromatic heterocycles. The Morgan fingerprint density at radius 2 is 1.95 bits per heavy atom. The number of imidazole rings is 1. The summed E-state index contributed by atoms with van der Waals surface area (Å²) >= 11 is 0. The first-order chi connectivity index (χ1) is 9.66. The van der Waals surface area contributed by atoms with Crippen molar-refractivity contribution in [3.63, 3.8) is 0 Å². The zero-order valence-electron chi connectivity index (χ0n) is 12.4. The lowest BCUT2D eigenvalue weighted by Gasteiger charge is -2.16. The van der Waals surface area contributed by atoms with E-state index in [1.54, 1.807) is 11.6 Å². The fourth-order valence-corrected chi connectivity index (χ4v) is 5.68. The van der Waals surface area contributed by atoms with Crippen LogP contribution >= 0.6 is 0 Å². The van der Waals surface area contributed by atoms with Crippen LogP contribution in [0, 0.1) is 5.92 Å². The third-order valence-electron chi connectivity index (χ3n) is 3.85. The van der Waals surface area contributed by atoms with Crippen LogP contribution in [0.2, 0.25) is 0 Å². The minimum absolute atomic E-state index is 0.0163. The highest BCUT2D eigenvalue weighted by Crippen LogP contribution is 2.31. The van der Waals surface area contributed by atoms with Gasteiger partial charge in [0, 0.05) is 26.3 Å². The molecule has 2 rings (SSSR count). The molecule has 1 aromatic rings. The molecule has 120 valence electrons. The lowest BCUT2D eigenvalue weighted by atomic mass is 10.0. The van der Waals surface area contributed by atoms with Crippen LogP contribution in [0.5, 0.6) is 0 Å². The van der Waals surface area contributed by atoms with Crippen molar-refractivity contribution in [1.82, 2.24) is 13.9 Å². The molecular formula is C12H21N3O4S2. The number of rotatable bonds is 5. The molecule has 2 heterocycles. The molecule has 2 atom stereocenters. The van der Waals surface area contributed by atoms with Crippen molar-refractivity contribution in [2.45, 2.75) is 30.0 Å². The van der Waals surface area contributed by atoms with Gasteiger partial charge in [-0.2, -0.15) is 0 Å². The van der Waals surface area contributed by atoms with Gasteiger partial charge in [0.25, 0.3) is 0 Å². The Kier molecular flexibility index (Phi) is 4.46. The Balaban J connectivity index is 2.35. The number of sulfone groups is 1. The maximum absolute atomic E-state index is 12.7. The molecule has 1 aliphatic heterocycles. The molecule has 1 aliphatic rings.